The van der Waals surface area contributed by atoms with E-state index in [1.165, 1.54) is 5.56 Å². The minimum Gasteiger partial charge on any atom is -0.337 e. The zero-order valence-corrected chi connectivity index (χ0v) is 11.5. The maximum absolute atomic E-state index is 12.3. The number of carbonyl (C=O) groups excluding carboxylic acids is 1. The molecule has 4 heteroatoms. The molecule has 3 rings (SSSR count). The Hall–Kier alpha value is -2.10. The molecule has 1 amide bonds. The molecule has 0 saturated carbocycles. The standard InChI is InChI=1S/C16H19N3O/c20-16(15-8-10-17-18-15)19-11-4-7-14(9-12-19)13-5-2-1-3-6-13/h1-3,5-6,8,10,14H,4,7,9,11-12H2,(H,17,18)/t14-/m0/s1. The van der Waals surface area contributed by atoms with Crippen LogP contribution in [0.3, 0.4) is 0 Å². The van der Waals surface area contributed by atoms with Crippen LogP contribution in [-0.4, -0.2) is 34.1 Å². The van der Waals surface area contributed by atoms with Gasteiger partial charge in [0, 0.05) is 19.3 Å². The summed E-state index contributed by atoms with van der Waals surface area (Å²) in [5.74, 6) is 0.631. The lowest BCUT2D eigenvalue weighted by molar-refractivity contribution is 0.0755. The van der Waals surface area contributed by atoms with Crippen molar-refractivity contribution in [1.82, 2.24) is 15.1 Å². The summed E-state index contributed by atoms with van der Waals surface area (Å²) in [6.07, 6.45) is 4.86. The highest BCUT2D eigenvalue weighted by molar-refractivity contribution is 5.92. The van der Waals surface area contributed by atoms with Crippen molar-refractivity contribution in [2.24, 2.45) is 0 Å². The summed E-state index contributed by atoms with van der Waals surface area (Å²) in [7, 11) is 0. The highest BCUT2D eigenvalue weighted by Crippen LogP contribution is 2.28. The molecule has 0 bridgehead atoms. The van der Waals surface area contributed by atoms with Crippen molar-refractivity contribution in [3.63, 3.8) is 0 Å². The van der Waals surface area contributed by atoms with E-state index < -0.39 is 0 Å². The van der Waals surface area contributed by atoms with E-state index in [4.69, 9.17) is 0 Å². The summed E-state index contributed by atoms with van der Waals surface area (Å²) < 4.78 is 0. The Morgan fingerprint density at radius 3 is 2.75 bits per heavy atom. The number of H-pyrrole nitrogens is 1. The van der Waals surface area contributed by atoms with Gasteiger partial charge in [0.25, 0.3) is 5.91 Å². The molecule has 4 nitrogen and oxygen atoms in total. The molecule has 0 aliphatic carbocycles. The zero-order chi connectivity index (χ0) is 13.8. The van der Waals surface area contributed by atoms with Crippen LogP contribution >= 0.6 is 0 Å². The van der Waals surface area contributed by atoms with Crippen LogP contribution in [0.4, 0.5) is 0 Å². The third kappa shape index (κ3) is 2.74. The van der Waals surface area contributed by atoms with E-state index in [1.54, 1.807) is 12.3 Å². The Morgan fingerprint density at radius 2 is 2.00 bits per heavy atom. The van der Waals surface area contributed by atoms with E-state index in [0.29, 0.717) is 11.6 Å². The lowest BCUT2D eigenvalue weighted by Gasteiger charge is -2.19. The van der Waals surface area contributed by atoms with Crippen molar-refractivity contribution in [2.75, 3.05) is 13.1 Å². The van der Waals surface area contributed by atoms with Crippen LogP contribution in [0.1, 0.15) is 41.2 Å². The molecule has 1 aliphatic rings. The number of amides is 1. The molecule has 1 N–H and O–H groups in total. The van der Waals surface area contributed by atoms with Gasteiger partial charge in [-0.2, -0.15) is 5.10 Å². The average Bonchev–Trinajstić information content (AvgIpc) is 2.92. The first-order valence-corrected chi connectivity index (χ1v) is 7.18. The van der Waals surface area contributed by atoms with Crippen LogP contribution in [0.15, 0.2) is 42.6 Å². The van der Waals surface area contributed by atoms with Gasteiger partial charge in [-0.25, -0.2) is 0 Å². The third-order valence-electron chi connectivity index (χ3n) is 4.02. The molecule has 0 radical (unpaired) electrons. The molecule has 1 aromatic heterocycles. The first-order chi connectivity index (χ1) is 9.84. The zero-order valence-electron chi connectivity index (χ0n) is 11.5. The molecule has 1 atom stereocenters. The average molecular weight is 269 g/mol. The van der Waals surface area contributed by atoms with E-state index in [2.05, 4.69) is 34.5 Å². The lowest BCUT2D eigenvalue weighted by Crippen LogP contribution is -2.32. The van der Waals surface area contributed by atoms with Crippen LogP contribution in [0.2, 0.25) is 0 Å². The predicted octanol–water partition coefficient (Wildman–Crippen LogP) is 2.82. The molecule has 1 aliphatic heterocycles. The quantitative estimate of drug-likeness (QED) is 0.911. The van der Waals surface area contributed by atoms with Gasteiger partial charge in [0.15, 0.2) is 0 Å². The lowest BCUT2D eigenvalue weighted by atomic mass is 9.92. The SMILES string of the molecule is O=C(c1ccn[nH]1)N1CCC[C@H](c2ccccc2)CC1. The number of nitrogens with zero attached hydrogens (tertiary/aromatic N) is 2. The molecule has 2 heterocycles. The van der Waals surface area contributed by atoms with Crippen LogP contribution < -0.4 is 0 Å². The van der Waals surface area contributed by atoms with Gasteiger partial charge in [-0.15, -0.1) is 0 Å². The summed E-state index contributed by atoms with van der Waals surface area (Å²) in [6.45, 7) is 1.65. The summed E-state index contributed by atoms with van der Waals surface area (Å²) >= 11 is 0. The highest BCUT2D eigenvalue weighted by Gasteiger charge is 2.22. The van der Waals surface area contributed by atoms with Crippen LogP contribution in [-0.2, 0) is 0 Å². The number of benzene rings is 1. The topological polar surface area (TPSA) is 49.0 Å². The Kier molecular flexibility index (Phi) is 3.81. The van der Waals surface area contributed by atoms with Crippen LogP contribution in [0, 0.1) is 0 Å². The largest absolute Gasteiger partial charge is 0.337 e. The molecule has 0 unspecified atom stereocenters. The van der Waals surface area contributed by atoms with Crippen molar-refractivity contribution in [2.45, 2.75) is 25.2 Å². The van der Waals surface area contributed by atoms with Crippen molar-refractivity contribution in [3.8, 4) is 0 Å². The summed E-state index contributed by atoms with van der Waals surface area (Å²) in [6, 6.07) is 12.4. The molecular formula is C16H19N3O. The number of aromatic nitrogens is 2. The van der Waals surface area contributed by atoms with Crippen molar-refractivity contribution < 1.29 is 4.79 Å². The Bertz CT molecular complexity index is 550. The van der Waals surface area contributed by atoms with Gasteiger partial charge in [0.05, 0.1) is 0 Å². The van der Waals surface area contributed by atoms with Crippen LogP contribution in [0.25, 0.3) is 0 Å². The fraction of sp³-hybridized carbons (Fsp3) is 0.375. The fourth-order valence-corrected chi connectivity index (χ4v) is 2.90. The monoisotopic (exact) mass is 269 g/mol. The molecule has 104 valence electrons. The molecule has 2 aromatic rings. The van der Waals surface area contributed by atoms with Gasteiger partial charge in [-0.05, 0) is 36.8 Å². The predicted molar refractivity (Wildman–Crippen MR) is 77.5 cm³/mol. The Morgan fingerprint density at radius 1 is 1.15 bits per heavy atom. The van der Waals surface area contributed by atoms with Crippen molar-refractivity contribution >= 4 is 5.91 Å². The minimum atomic E-state index is 0.0659. The van der Waals surface area contributed by atoms with Gasteiger partial charge < -0.3 is 4.90 Å². The number of aromatic amines is 1. The van der Waals surface area contributed by atoms with Crippen molar-refractivity contribution in [3.05, 3.63) is 53.9 Å². The smallest absolute Gasteiger partial charge is 0.271 e. The molecule has 1 saturated heterocycles. The van der Waals surface area contributed by atoms with E-state index in [0.717, 1.165) is 32.4 Å². The summed E-state index contributed by atoms with van der Waals surface area (Å²) in [5, 5.41) is 6.61. The first kappa shape index (κ1) is 12.9. The maximum atomic E-state index is 12.3. The van der Waals surface area contributed by atoms with Gasteiger partial charge in [0.1, 0.15) is 5.69 Å². The fourth-order valence-electron chi connectivity index (χ4n) is 2.90. The van der Waals surface area contributed by atoms with Gasteiger partial charge >= 0.3 is 0 Å². The van der Waals surface area contributed by atoms with E-state index in [-0.39, 0.29) is 5.91 Å². The minimum absolute atomic E-state index is 0.0659. The van der Waals surface area contributed by atoms with E-state index in [1.807, 2.05) is 11.0 Å². The van der Waals surface area contributed by atoms with Gasteiger partial charge in [0.2, 0.25) is 0 Å². The number of hydrogen-bond acceptors (Lipinski definition) is 2. The summed E-state index contributed by atoms with van der Waals surface area (Å²) in [5.41, 5.74) is 1.98. The number of carbonyl (C=O) groups is 1. The third-order valence-corrected chi connectivity index (χ3v) is 4.02. The Balaban J connectivity index is 1.67. The van der Waals surface area contributed by atoms with Crippen molar-refractivity contribution in [1.29, 1.82) is 0 Å². The molecule has 1 aromatic carbocycles. The molecular weight excluding hydrogens is 250 g/mol. The Labute approximate surface area is 118 Å². The van der Waals surface area contributed by atoms with Crippen LogP contribution in [0.5, 0.6) is 0 Å². The number of likely N-dealkylation sites (tertiary alicyclic amines) is 1. The first-order valence-electron chi connectivity index (χ1n) is 7.18. The second-order valence-corrected chi connectivity index (χ2v) is 5.30. The van der Waals surface area contributed by atoms with E-state index >= 15 is 0 Å². The number of hydrogen-bond donors (Lipinski definition) is 1. The molecule has 0 spiro atoms. The van der Waals surface area contributed by atoms with E-state index in [9.17, 15) is 4.79 Å². The molecule has 1 fully saturated rings. The second kappa shape index (κ2) is 5.90. The van der Waals surface area contributed by atoms with Gasteiger partial charge in [-0.3, -0.25) is 9.89 Å². The summed E-state index contributed by atoms with van der Waals surface area (Å²) in [4.78, 5) is 14.3. The van der Waals surface area contributed by atoms with Gasteiger partial charge in [-0.1, -0.05) is 30.3 Å². The second-order valence-electron chi connectivity index (χ2n) is 5.30. The normalized spacial score (nSPS) is 19.6. The molecule has 20 heavy (non-hydrogen) atoms. The highest BCUT2D eigenvalue weighted by atomic mass is 16.2. The number of rotatable bonds is 2. The number of nitrogens with one attached hydrogen (secondary N) is 1. The maximum Gasteiger partial charge on any atom is 0.271 e.